The largest absolute Gasteiger partial charge is 0.495 e. The molecule has 8 N–H and O–H groups in total. The summed E-state index contributed by atoms with van der Waals surface area (Å²) in [5, 5.41) is 5.81. The zero-order chi connectivity index (χ0) is 31.9. The van der Waals surface area contributed by atoms with Crippen LogP contribution in [0.25, 0.3) is 33.8 Å². The van der Waals surface area contributed by atoms with Crippen molar-refractivity contribution < 1.29 is 24.5 Å². The molecule has 2 aliphatic rings. The molecular formula is C34H36Cl2N8O5. The van der Waals surface area contributed by atoms with Crippen LogP contribution in [0.5, 0.6) is 11.5 Å². The highest BCUT2D eigenvalue weighted by molar-refractivity contribution is 5.99. The molecule has 0 atom stereocenters. The van der Waals surface area contributed by atoms with E-state index in [4.69, 9.17) is 20.9 Å². The Morgan fingerprint density at radius 3 is 1.41 bits per heavy atom. The molecule has 0 spiro atoms. The van der Waals surface area contributed by atoms with Gasteiger partial charge in [-0.05, 0) is 72.5 Å². The van der Waals surface area contributed by atoms with Crippen LogP contribution in [0.3, 0.4) is 0 Å². The smallest absolute Gasteiger partial charge is 0.224 e. The third kappa shape index (κ3) is 6.38. The number of ether oxygens (including phenoxy) is 2. The SMILES string of the molecule is COc1ccc(-c2nc3ccccn3c2N)c2c1NC(=O)CC2.COc1ccc(-c2nc3ccccn3c2N)c2c1NC(=O)CC2.Cl.Cl.O. The van der Waals surface area contributed by atoms with Crippen molar-refractivity contribution in [1.82, 2.24) is 18.8 Å². The number of carbonyl (C=O) groups is 2. The molecule has 2 amide bonds. The quantitative estimate of drug-likeness (QED) is 0.197. The lowest BCUT2D eigenvalue weighted by Gasteiger charge is -2.22. The molecule has 6 heterocycles. The van der Waals surface area contributed by atoms with E-state index < -0.39 is 0 Å². The van der Waals surface area contributed by atoms with Gasteiger partial charge in [-0.25, -0.2) is 9.97 Å². The number of carbonyl (C=O) groups excluding carboxylic acids is 2. The van der Waals surface area contributed by atoms with Crippen molar-refractivity contribution in [2.24, 2.45) is 0 Å². The number of hydrogen-bond donors (Lipinski definition) is 4. The highest BCUT2D eigenvalue weighted by atomic mass is 35.5. The molecule has 2 aromatic carbocycles. The molecule has 0 fully saturated rings. The van der Waals surface area contributed by atoms with Crippen molar-refractivity contribution in [2.45, 2.75) is 25.7 Å². The Morgan fingerprint density at radius 1 is 0.633 bits per heavy atom. The molecular weight excluding hydrogens is 671 g/mol. The molecule has 0 radical (unpaired) electrons. The number of imidazole rings is 2. The first-order valence-electron chi connectivity index (χ1n) is 14.8. The second kappa shape index (κ2) is 14.7. The lowest BCUT2D eigenvalue weighted by atomic mass is 9.94. The maximum Gasteiger partial charge on any atom is 0.224 e. The first kappa shape index (κ1) is 36.3. The van der Waals surface area contributed by atoms with E-state index in [-0.39, 0.29) is 42.1 Å². The van der Waals surface area contributed by atoms with E-state index in [1.54, 1.807) is 14.2 Å². The second-order valence-corrected chi connectivity index (χ2v) is 11.0. The predicted molar refractivity (Wildman–Crippen MR) is 195 cm³/mol. The van der Waals surface area contributed by atoms with Crippen molar-refractivity contribution in [3.05, 3.63) is 84.2 Å². The predicted octanol–water partition coefficient (Wildman–Crippen LogP) is 4.97. The molecule has 49 heavy (non-hydrogen) atoms. The molecule has 0 aliphatic carbocycles. The van der Waals surface area contributed by atoms with Gasteiger partial charge in [-0.15, -0.1) is 24.8 Å². The molecule has 0 bridgehead atoms. The number of pyridine rings is 2. The van der Waals surface area contributed by atoms with Gasteiger partial charge in [-0.1, -0.05) is 12.1 Å². The van der Waals surface area contributed by atoms with Crippen LogP contribution < -0.4 is 31.6 Å². The van der Waals surface area contributed by atoms with Crippen LogP contribution in [0.4, 0.5) is 23.0 Å². The van der Waals surface area contributed by atoms with Gasteiger partial charge in [0.2, 0.25) is 11.8 Å². The van der Waals surface area contributed by atoms with E-state index in [1.807, 2.05) is 81.9 Å². The van der Waals surface area contributed by atoms with Crippen molar-refractivity contribution in [2.75, 3.05) is 36.3 Å². The minimum Gasteiger partial charge on any atom is -0.495 e. The highest BCUT2D eigenvalue weighted by Crippen LogP contribution is 2.42. The maximum absolute atomic E-state index is 11.7. The molecule has 0 saturated carbocycles. The molecule has 4 aromatic heterocycles. The minimum atomic E-state index is -0.00377. The first-order chi connectivity index (χ1) is 22.4. The standard InChI is InChI=1S/2C17H16N4O2.2ClH.H2O/c2*1-23-12-7-5-11(10-6-8-14(22)20-15(10)12)16-17(18)21-9-3-2-4-13(21)19-16;;;/h2*2-5,7,9H,6,8,18H2,1H3,(H,20,22);2*1H;1H2. The number of rotatable bonds is 4. The van der Waals surface area contributed by atoms with Crippen LogP contribution in [0.2, 0.25) is 0 Å². The summed E-state index contributed by atoms with van der Waals surface area (Å²) in [5.41, 5.74) is 20.9. The fourth-order valence-corrected chi connectivity index (χ4v) is 6.14. The van der Waals surface area contributed by atoms with Gasteiger partial charge in [0.1, 0.15) is 45.8 Å². The van der Waals surface area contributed by atoms with Crippen LogP contribution >= 0.6 is 24.8 Å². The zero-order valence-electron chi connectivity index (χ0n) is 26.6. The molecule has 13 nitrogen and oxygen atoms in total. The van der Waals surface area contributed by atoms with E-state index >= 15 is 0 Å². The second-order valence-electron chi connectivity index (χ2n) is 11.0. The van der Waals surface area contributed by atoms with Gasteiger partial charge in [0.05, 0.1) is 25.6 Å². The number of fused-ring (bicyclic) bond motifs is 4. The number of methoxy groups -OCH3 is 2. The topological polar surface area (TPSA) is 195 Å². The number of nitrogen functional groups attached to an aromatic ring is 2. The summed E-state index contributed by atoms with van der Waals surface area (Å²) in [7, 11) is 3.19. The van der Waals surface area contributed by atoms with E-state index in [9.17, 15) is 9.59 Å². The number of anilines is 4. The number of hydrogen-bond acceptors (Lipinski definition) is 8. The zero-order valence-corrected chi connectivity index (χ0v) is 28.3. The highest BCUT2D eigenvalue weighted by Gasteiger charge is 2.26. The van der Waals surface area contributed by atoms with Gasteiger partial charge in [0, 0.05) is 36.4 Å². The molecule has 15 heteroatoms. The van der Waals surface area contributed by atoms with Crippen LogP contribution in [-0.4, -0.2) is 50.3 Å². The number of nitrogens with one attached hydrogen (secondary N) is 2. The molecule has 6 aromatic rings. The van der Waals surface area contributed by atoms with Gasteiger partial charge in [0.25, 0.3) is 0 Å². The fraction of sp³-hybridized carbons (Fsp3) is 0.176. The first-order valence-corrected chi connectivity index (χ1v) is 14.8. The third-order valence-corrected chi connectivity index (χ3v) is 8.37. The summed E-state index contributed by atoms with van der Waals surface area (Å²) in [6.45, 7) is 0. The molecule has 2 aliphatic heterocycles. The Labute approximate surface area is 293 Å². The monoisotopic (exact) mass is 706 g/mol. The Bertz CT molecular complexity index is 2030. The molecule has 8 rings (SSSR count). The number of aromatic nitrogens is 4. The van der Waals surface area contributed by atoms with Crippen molar-refractivity contribution in [3.8, 4) is 34.0 Å². The minimum absolute atomic E-state index is 0. The van der Waals surface area contributed by atoms with Crippen molar-refractivity contribution in [1.29, 1.82) is 0 Å². The number of halogens is 2. The van der Waals surface area contributed by atoms with Crippen LogP contribution in [0.1, 0.15) is 24.0 Å². The van der Waals surface area contributed by atoms with E-state index in [0.29, 0.717) is 48.8 Å². The summed E-state index contributed by atoms with van der Waals surface area (Å²) in [6, 6.07) is 19.1. The van der Waals surface area contributed by atoms with Gasteiger partial charge in [-0.3, -0.25) is 18.4 Å². The lowest BCUT2D eigenvalue weighted by Crippen LogP contribution is -2.20. The number of benzene rings is 2. The number of nitrogens with two attached hydrogens (primary N) is 2. The Kier molecular flexibility index (Phi) is 10.9. The summed E-state index contributed by atoms with van der Waals surface area (Å²) in [5.74, 6) is 2.47. The third-order valence-electron chi connectivity index (χ3n) is 8.37. The Morgan fingerprint density at radius 2 is 1.04 bits per heavy atom. The van der Waals surface area contributed by atoms with Gasteiger partial charge >= 0.3 is 0 Å². The average Bonchev–Trinajstić information content (AvgIpc) is 3.60. The fourth-order valence-electron chi connectivity index (χ4n) is 6.14. The maximum atomic E-state index is 11.7. The van der Waals surface area contributed by atoms with Gasteiger partial charge < -0.3 is 37.1 Å². The van der Waals surface area contributed by atoms with Crippen LogP contribution in [-0.2, 0) is 22.4 Å². The van der Waals surface area contributed by atoms with Crippen LogP contribution in [0, 0.1) is 0 Å². The summed E-state index contributed by atoms with van der Waals surface area (Å²) >= 11 is 0. The molecule has 0 unspecified atom stereocenters. The van der Waals surface area contributed by atoms with Gasteiger partial charge in [-0.2, -0.15) is 0 Å². The summed E-state index contributed by atoms with van der Waals surface area (Å²) in [6.07, 6.45) is 5.95. The van der Waals surface area contributed by atoms with Gasteiger partial charge in [0.15, 0.2) is 0 Å². The van der Waals surface area contributed by atoms with E-state index in [0.717, 1.165) is 56.3 Å². The van der Waals surface area contributed by atoms with Crippen molar-refractivity contribution in [3.63, 3.8) is 0 Å². The number of nitrogens with zero attached hydrogens (tertiary/aromatic N) is 4. The van der Waals surface area contributed by atoms with E-state index in [2.05, 4.69) is 20.6 Å². The normalized spacial score (nSPS) is 12.9. The average molecular weight is 708 g/mol. The molecule has 256 valence electrons. The lowest BCUT2D eigenvalue weighted by molar-refractivity contribution is -0.117. The van der Waals surface area contributed by atoms with E-state index in [1.165, 1.54) is 0 Å². The Hall–Kier alpha value is -5.50. The number of amides is 2. The molecule has 0 saturated heterocycles. The van der Waals surface area contributed by atoms with Crippen LogP contribution in [0.15, 0.2) is 73.1 Å². The summed E-state index contributed by atoms with van der Waals surface area (Å²) < 4.78 is 14.4. The summed E-state index contributed by atoms with van der Waals surface area (Å²) in [4.78, 5) is 32.8. The Balaban J connectivity index is 0.000000208. The van der Waals surface area contributed by atoms with Crippen molar-refractivity contribution >= 4 is 70.9 Å².